The number of amides is 1. The normalized spacial score (nSPS) is 12.7. The summed E-state index contributed by atoms with van der Waals surface area (Å²) >= 11 is 0. The highest BCUT2D eigenvalue weighted by Gasteiger charge is 2.35. The topological polar surface area (TPSA) is 95.3 Å². The predicted molar refractivity (Wildman–Crippen MR) is 137 cm³/mol. The predicted octanol–water partition coefficient (Wildman–Crippen LogP) is 5.42. The molecule has 8 nitrogen and oxygen atoms in total. The van der Waals surface area contributed by atoms with E-state index in [1.54, 1.807) is 43.3 Å². The van der Waals surface area contributed by atoms with Gasteiger partial charge in [-0.05, 0) is 74.0 Å². The average molecular weight is 518 g/mol. The van der Waals surface area contributed by atoms with Gasteiger partial charge in [0.2, 0.25) is 0 Å². The highest BCUT2D eigenvalue weighted by molar-refractivity contribution is 6.52. The fourth-order valence-electron chi connectivity index (χ4n) is 4.42. The lowest BCUT2D eigenvalue weighted by atomic mass is 10.1. The van der Waals surface area contributed by atoms with Crippen molar-refractivity contribution in [1.29, 1.82) is 0 Å². The lowest BCUT2D eigenvalue weighted by Crippen LogP contribution is -2.31. The molecule has 0 unspecified atom stereocenters. The average Bonchev–Trinajstić information content (AvgIpc) is 3.42. The standard InChI is InChI=1S/C29H24FNO7/c1-3-36-29(34)25-22-16-20(10-12-24(22)38-27(25)17-5-7-18(30)8-6-17)37-14-4-13-31-23-11-9-19(35-2)15-21(23)26(32)28(31)33/h5-12,15-16H,3-4,13-14H2,1-2H3. The minimum atomic E-state index is -0.583. The Morgan fingerprint density at radius 3 is 2.50 bits per heavy atom. The van der Waals surface area contributed by atoms with Crippen LogP contribution in [0.1, 0.15) is 34.1 Å². The Morgan fingerprint density at radius 2 is 1.76 bits per heavy atom. The molecule has 0 saturated carbocycles. The molecule has 1 aromatic heterocycles. The maximum atomic E-state index is 13.4. The SMILES string of the molecule is CCOC(=O)c1c(-c2ccc(F)cc2)oc2ccc(OCCCN3C(=O)C(=O)c4cc(OC)ccc43)cc12. The maximum Gasteiger partial charge on any atom is 0.342 e. The van der Waals surface area contributed by atoms with Gasteiger partial charge in [0.1, 0.15) is 34.2 Å². The summed E-state index contributed by atoms with van der Waals surface area (Å²) in [5, 5.41) is 0.503. The molecule has 0 N–H and O–H groups in total. The van der Waals surface area contributed by atoms with Gasteiger partial charge in [0.15, 0.2) is 0 Å². The van der Waals surface area contributed by atoms with Crippen LogP contribution in [0.3, 0.4) is 0 Å². The zero-order valence-electron chi connectivity index (χ0n) is 20.8. The Bertz CT molecular complexity index is 1540. The molecule has 38 heavy (non-hydrogen) atoms. The molecule has 0 aliphatic carbocycles. The van der Waals surface area contributed by atoms with E-state index in [0.29, 0.717) is 52.2 Å². The van der Waals surface area contributed by atoms with Gasteiger partial charge in [0.05, 0.1) is 31.6 Å². The summed E-state index contributed by atoms with van der Waals surface area (Å²) in [6.07, 6.45) is 0.458. The molecule has 0 atom stereocenters. The number of benzene rings is 3. The first-order valence-electron chi connectivity index (χ1n) is 12.1. The molecule has 3 aromatic carbocycles. The Balaban J connectivity index is 1.33. The number of nitrogens with zero attached hydrogens (tertiary/aromatic N) is 1. The first-order valence-corrected chi connectivity index (χ1v) is 12.1. The molecular weight excluding hydrogens is 493 g/mol. The van der Waals surface area contributed by atoms with E-state index in [2.05, 4.69) is 0 Å². The van der Waals surface area contributed by atoms with Gasteiger partial charge in [0.25, 0.3) is 11.7 Å². The van der Waals surface area contributed by atoms with Crippen LogP contribution in [0.25, 0.3) is 22.3 Å². The van der Waals surface area contributed by atoms with Crippen molar-refractivity contribution in [3.63, 3.8) is 0 Å². The number of ether oxygens (including phenoxy) is 3. The summed E-state index contributed by atoms with van der Waals surface area (Å²) < 4.78 is 35.7. The molecular formula is C29H24FNO7. The molecule has 9 heteroatoms. The van der Waals surface area contributed by atoms with E-state index in [1.807, 2.05) is 0 Å². The van der Waals surface area contributed by atoms with Crippen molar-refractivity contribution < 1.29 is 37.4 Å². The quantitative estimate of drug-likeness (QED) is 0.166. The van der Waals surface area contributed by atoms with Crippen molar-refractivity contribution >= 4 is 34.3 Å². The number of ketones is 1. The number of halogens is 1. The Hall–Kier alpha value is -4.66. The summed E-state index contributed by atoms with van der Waals surface area (Å²) in [6, 6.07) is 15.7. The largest absolute Gasteiger partial charge is 0.497 e. The zero-order chi connectivity index (χ0) is 26.8. The molecule has 2 heterocycles. The van der Waals surface area contributed by atoms with Gasteiger partial charge >= 0.3 is 5.97 Å². The van der Waals surface area contributed by atoms with Crippen LogP contribution in [0, 0.1) is 5.82 Å². The molecule has 4 aromatic rings. The number of anilines is 1. The number of rotatable bonds is 9. The minimum Gasteiger partial charge on any atom is -0.497 e. The van der Waals surface area contributed by atoms with Crippen LogP contribution in [0.4, 0.5) is 10.1 Å². The molecule has 1 amide bonds. The Morgan fingerprint density at radius 1 is 1.00 bits per heavy atom. The highest BCUT2D eigenvalue weighted by atomic mass is 19.1. The smallest absolute Gasteiger partial charge is 0.342 e. The van der Waals surface area contributed by atoms with E-state index in [0.717, 1.165) is 0 Å². The van der Waals surface area contributed by atoms with E-state index >= 15 is 0 Å². The summed E-state index contributed by atoms with van der Waals surface area (Å²) in [5.74, 6) is -0.827. The summed E-state index contributed by atoms with van der Waals surface area (Å²) in [4.78, 5) is 39.1. The summed E-state index contributed by atoms with van der Waals surface area (Å²) in [6.45, 7) is 2.44. The van der Waals surface area contributed by atoms with Crippen molar-refractivity contribution in [3.05, 3.63) is 77.6 Å². The van der Waals surface area contributed by atoms with Gasteiger partial charge in [0, 0.05) is 17.5 Å². The van der Waals surface area contributed by atoms with Crippen LogP contribution in [0.15, 0.2) is 65.1 Å². The second-order valence-electron chi connectivity index (χ2n) is 8.56. The fraction of sp³-hybridized carbons (Fsp3) is 0.207. The molecule has 1 aliphatic rings. The van der Waals surface area contributed by atoms with Crippen molar-refractivity contribution in [1.82, 2.24) is 0 Å². The first kappa shape index (κ1) is 25.0. The van der Waals surface area contributed by atoms with Crippen LogP contribution < -0.4 is 14.4 Å². The molecule has 1 aliphatic heterocycles. The van der Waals surface area contributed by atoms with Crippen molar-refractivity contribution in [2.75, 3.05) is 31.8 Å². The molecule has 0 radical (unpaired) electrons. The van der Waals surface area contributed by atoms with E-state index in [9.17, 15) is 18.8 Å². The number of furan rings is 1. The molecule has 0 saturated heterocycles. The Labute approximate surface area is 217 Å². The molecule has 194 valence electrons. The van der Waals surface area contributed by atoms with Crippen LogP contribution in [0.2, 0.25) is 0 Å². The van der Waals surface area contributed by atoms with E-state index in [-0.39, 0.29) is 24.5 Å². The first-order chi connectivity index (χ1) is 18.4. The third-order valence-corrected chi connectivity index (χ3v) is 6.22. The van der Waals surface area contributed by atoms with Gasteiger partial charge in [-0.2, -0.15) is 0 Å². The third kappa shape index (κ3) is 4.58. The van der Waals surface area contributed by atoms with Gasteiger partial charge in [-0.3, -0.25) is 9.59 Å². The number of methoxy groups -OCH3 is 1. The van der Waals surface area contributed by atoms with Gasteiger partial charge < -0.3 is 23.5 Å². The van der Waals surface area contributed by atoms with Gasteiger partial charge in [-0.1, -0.05) is 0 Å². The Kier molecular flexibility index (Phi) is 6.83. The van der Waals surface area contributed by atoms with E-state index in [1.165, 1.54) is 36.3 Å². The second kappa shape index (κ2) is 10.4. The van der Waals surface area contributed by atoms with Crippen molar-refractivity contribution in [2.45, 2.75) is 13.3 Å². The fourth-order valence-corrected chi connectivity index (χ4v) is 4.42. The number of hydrogen-bond acceptors (Lipinski definition) is 7. The molecule has 0 bridgehead atoms. The van der Waals surface area contributed by atoms with Gasteiger partial charge in [-0.25, -0.2) is 9.18 Å². The lowest BCUT2D eigenvalue weighted by Gasteiger charge is -2.16. The van der Waals surface area contributed by atoms with Gasteiger partial charge in [-0.15, -0.1) is 0 Å². The van der Waals surface area contributed by atoms with Crippen LogP contribution in [-0.4, -0.2) is 44.5 Å². The molecule has 0 fully saturated rings. The maximum absolute atomic E-state index is 13.4. The highest BCUT2D eigenvalue weighted by Crippen LogP contribution is 2.36. The summed E-state index contributed by atoms with van der Waals surface area (Å²) in [7, 11) is 1.50. The van der Waals surface area contributed by atoms with Crippen LogP contribution in [0.5, 0.6) is 11.5 Å². The minimum absolute atomic E-state index is 0.179. The molecule has 5 rings (SSSR count). The van der Waals surface area contributed by atoms with Crippen molar-refractivity contribution in [3.8, 4) is 22.8 Å². The van der Waals surface area contributed by atoms with Crippen molar-refractivity contribution in [2.24, 2.45) is 0 Å². The number of fused-ring (bicyclic) bond motifs is 2. The zero-order valence-corrected chi connectivity index (χ0v) is 20.8. The van der Waals surface area contributed by atoms with E-state index < -0.39 is 23.5 Å². The molecule has 0 spiro atoms. The number of hydrogen-bond donors (Lipinski definition) is 0. The monoisotopic (exact) mass is 517 g/mol. The lowest BCUT2D eigenvalue weighted by molar-refractivity contribution is -0.114. The van der Waals surface area contributed by atoms with E-state index in [4.69, 9.17) is 18.6 Å². The number of carbonyl (C=O) groups is 3. The third-order valence-electron chi connectivity index (χ3n) is 6.22. The summed E-state index contributed by atoms with van der Waals surface area (Å²) in [5.41, 5.74) is 2.09. The number of carbonyl (C=O) groups excluding carboxylic acids is 3. The van der Waals surface area contributed by atoms with Crippen LogP contribution >= 0.6 is 0 Å². The number of Topliss-reactive ketones (excluding diaryl/α,β-unsaturated/α-hetero) is 1. The van der Waals surface area contributed by atoms with Crippen LogP contribution in [-0.2, 0) is 9.53 Å². The second-order valence-corrected chi connectivity index (χ2v) is 8.56. The number of esters is 1.